The van der Waals surface area contributed by atoms with E-state index in [-0.39, 0.29) is 46.6 Å². The molecule has 4 aromatic rings. The third-order valence-electron chi connectivity index (χ3n) is 8.16. The fourth-order valence-electron chi connectivity index (χ4n) is 5.64. The number of likely N-dealkylation sites (tertiary alicyclic amines) is 1. The van der Waals surface area contributed by atoms with Crippen LogP contribution in [0.2, 0.25) is 0 Å². The van der Waals surface area contributed by atoms with Gasteiger partial charge in [0, 0.05) is 45.5 Å². The van der Waals surface area contributed by atoms with Crippen LogP contribution in [-0.2, 0) is 4.79 Å². The number of pyridine rings is 1. The molecule has 0 bridgehead atoms. The average molecular weight is 647 g/mol. The Balaban J connectivity index is 0.000000417. The number of ketones is 1. The average Bonchev–Trinajstić information content (AvgIpc) is 3.90. The first kappa shape index (κ1) is 33.2. The number of nitrogens with zero attached hydrogens (tertiary/aromatic N) is 7. The Labute approximate surface area is 270 Å². The minimum atomic E-state index is -0.867. The van der Waals surface area contributed by atoms with Crippen LogP contribution in [-0.4, -0.2) is 118 Å². The third kappa shape index (κ3) is 7.45. The fourth-order valence-corrected chi connectivity index (χ4v) is 5.64. The number of aromatic amines is 2. The number of H-pyrrole nitrogens is 2. The fraction of sp³-hybridized carbons (Fsp3) is 0.355. The molecule has 7 N–H and O–H groups in total. The van der Waals surface area contributed by atoms with Crippen LogP contribution in [0.3, 0.4) is 0 Å². The number of benzene rings is 1. The van der Waals surface area contributed by atoms with Crippen LogP contribution in [0.25, 0.3) is 22.3 Å². The van der Waals surface area contributed by atoms with Gasteiger partial charge < -0.3 is 30.8 Å². The van der Waals surface area contributed by atoms with E-state index in [1.807, 2.05) is 30.1 Å². The zero-order chi connectivity index (χ0) is 33.3. The molecule has 15 nitrogen and oxygen atoms in total. The molecule has 0 aliphatic carbocycles. The lowest BCUT2D eigenvalue weighted by Crippen LogP contribution is -2.57. The van der Waals surface area contributed by atoms with E-state index in [9.17, 15) is 18.8 Å². The van der Waals surface area contributed by atoms with E-state index in [4.69, 9.17) is 11.7 Å². The molecule has 0 radical (unpaired) electrons. The number of Topliss-reactive ketones (excluding diaryl/α,β-unsaturated/α-hetero) is 1. The molecule has 2 aliphatic heterocycles. The minimum absolute atomic E-state index is 0.0816. The highest BCUT2D eigenvalue weighted by atomic mass is 19.1. The molecule has 6 rings (SSSR count). The van der Waals surface area contributed by atoms with Crippen molar-refractivity contribution >= 4 is 40.5 Å². The summed E-state index contributed by atoms with van der Waals surface area (Å²) in [6, 6.07) is 10.6. The van der Waals surface area contributed by atoms with Crippen molar-refractivity contribution in [2.75, 3.05) is 64.4 Å². The van der Waals surface area contributed by atoms with Crippen molar-refractivity contribution in [1.29, 1.82) is 0 Å². The summed E-state index contributed by atoms with van der Waals surface area (Å²) in [4.78, 5) is 49.9. The SMILES string of the molecule is CNCCN1CCCC1.N/N=C(/N1CCN(C(=O)C(=O)c2c[nH]c3c(-c4cc(C=O)[nH]n4)ncc(F)c23)CC1)N(N)c1ccccc1. The Morgan fingerprint density at radius 3 is 2.45 bits per heavy atom. The number of para-hydroxylation sites is 1. The van der Waals surface area contributed by atoms with Gasteiger partial charge in [-0.15, -0.1) is 5.10 Å². The highest BCUT2D eigenvalue weighted by molar-refractivity contribution is 6.45. The second kappa shape index (κ2) is 15.4. The molecule has 1 amide bonds. The second-order valence-corrected chi connectivity index (χ2v) is 11.1. The first-order valence-electron chi connectivity index (χ1n) is 15.4. The number of carbonyl (C=O) groups excluding carboxylic acids is 3. The number of guanidine groups is 1. The predicted molar refractivity (Wildman–Crippen MR) is 176 cm³/mol. The number of anilines is 1. The number of fused-ring (bicyclic) bond motifs is 1. The molecule has 16 heteroatoms. The lowest BCUT2D eigenvalue weighted by molar-refractivity contribution is -0.127. The van der Waals surface area contributed by atoms with Crippen molar-refractivity contribution in [1.82, 2.24) is 40.2 Å². The monoisotopic (exact) mass is 646 g/mol. The number of rotatable bonds is 8. The maximum atomic E-state index is 14.8. The van der Waals surface area contributed by atoms with Crippen LogP contribution >= 0.6 is 0 Å². The van der Waals surface area contributed by atoms with Gasteiger partial charge in [0.1, 0.15) is 11.4 Å². The molecule has 1 aromatic carbocycles. The van der Waals surface area contributed by atoms with Crippen LogP contribution in [0, 0.1) is 5.82 Å². The van der Waals surface area contributed by atoms with Crippen LogP contribution in [0.5, 0.6) is 0 Å². The largest absolute Gasteiger partial charge is 0.359 e. The van der Waals surface area contributed by atoms with Crippen molar-refractivity contribution < 1.29 is 18.8 Å². The number of aromatic nitrogens is 4. The Bertz CT molecular complexity index is 1710. The Morgan fingerprint density at radius 2 is 1.81 bits per heavy atom. The lowest BCUT2D eigenvalue weighted by atomic mass is 10.1. The standard InChI is InChI=1S/C24H23FN10O3.C7H16N2/c25-17-12-29-20(18-10-14(13-36)31-32-18)21-19(17)16(11-28-21)22(37)23(38)33-6-8-34(9-7-33)24(30-26)35(27)15-4-2-1-3-5-15;1-8-4-7-9-5-2-3-6-9/h1-5,10-13,28H,6-9,26-27H2,(H,31,32);8H,2-7H2,1H3/b30-24-;. The second-order valence-electron chi connectivity index (χ2n) is 11.1. The smallest absolute Gasteiger partial charge is 0.295 e. The van der Waals surface area contributed by atoms with E-state index < -0.39 is 17.5 Å². The number of hydrogen-bond donors (Lipinski definition) is 5. The molecule has 0 atom stereocenters. The number of hydrazone groups is 1. The summed E-state index contributed by atoms with van der Waals surface area (Å²) in [6.45, 7) is 6.06. The number of likely N-dealkylation sites (N-methyl/N-ethyl adjacent to an activating group) is 1. The van der Waals surface area contributed by atoms with Gasteiger partial charge in [0.05, 0.1) is 34.0 Å². The number of nitrogens with one attached hydrogen (secondary N) is 3. The van der Waals surface area contributed by atoms with Gasteiger partial charge in [0.15, 0.2) is 12.1 Å². The normalized spacial score (nSPS) is 15.4. The maximum absolute atomic E-state index is 14.8. The number of hydrazine groups is 1. The predicted octanol–water partition coefficient (Wildman–Crippen LogP) is 1.14. The molecular formula is C31H39FN12O3. The van der Waals surface area contributed by atoms with Crippen LogP contribution in [0.4, 0.5) is 10.1 Å². The van der Waals surface area contributed by atoms with Crippen LogP contribution in [0.15, 0.2) is 53.9 Å². The summed E-state index contributed by atoms with van der Waals surface area (Å²) in [5.74, 6) is 9.69. The molecular weight excluding hydrogens is 607 g/mol. The summed E-state index contributed by atoms with van der Waals surface area (Å²) in [5, 5.41) is 14.8. The van der Waals surface area contributed by atoms with Crippen molar-refractivity contribution in [3.8, 4) is 11.4 Å². The number of nitrogens with two attached hydrogens (primary N) is 2. The van der Waals surface area contributed by atoms with Crippen LogP contribution < -0.4 is 22.0 Å². The molecule has 248 valence electrons. The first-order chi connectivity index (χ1) is 22.9. The Kier molecular flexibility index (Phi) is 10.9. The lowest BCUT2D eigenvalue weighted by Gasteiger charge is -2.38. The Morgan fingerprint density at radius 1 is 1.11 bits per heavy atom. The first-order valence-corrected chi connectivity index (χ1v) is 15.4. The van der Waals surface area contributed by atoms with E-state index in [0.29, 0.717) is 31.0 Å². The summed E-state index contributed by atoms with van der Waals surface area (Å²) in [7, 11) is 2.01. The van der Waals surface area contributed by atoms with Crippen molar-refractivity contribution in [3.63, 3.8) is 0 Å². The van der Waals surface area contributed by atoms with Gasteiger partial charge in [0.2, 0.25) is 5.96 Å². The van der Waals surface area contributed by atoms with E-state index in [1.54, 1.807) is 12.1 Å². The van der Waals surface area contributed by atoms with Gasteiger partial charge in [-0.05, 0) is 51.2 Å². The molecule has 3 aromatic heterocycles. The van der Waals surface area contributed by atoms with E-state index >= 15 is 0 Å². The molecule has 2 aliphatic rings. The summed E-state index contributed by atoms with van der Waals surface area (Å²) >= 11 is 0. The summed E-state index contributed by atoms with van der Waals surface area (Å²) < 4.78 is 14.8. The molecule has 0 unspecified atom stereocenters. The number of halogens is 1. The number of carbonyl (C=O) groups is 3. The van der Waals surface area contributed by atoms with E-state index in [0.717, 1.165) is 12.7 Å². The Hall–Kier alpha value is -5.19. The molecule has 2 fully saturated rings. The highest BCUT2D eigenvalue weighted by Crippen LogP contribution is 2.30. The number of piperazine rings is 1. The zero-order valence-electron chi connectivity index (χ0n) is 26.2. The van der Waals surface area contributed by atoms with Gasteiger partial charge in [-0.1, -0.05) is 18.2 Å². The number of hydrogen-bond acceptors (Lipinski definition) is 10. The van der Waals surface area contributed by atoms with Gasteiger partial charge in [-0.2, -0.15) is 5.10 Å². The maximum Gasteiger partial charge on any atom is 0.295 e. The number of aldehydes is 1. The van der Waals surface area contributed by atoms with Gasteiger partial charge in [0.25, 0.3) is 11.7 Å². The molecule has 0 saturated carbocycles. The highest BCUT2D eigenvalue weighted by Gasteiger charge is 2.31. The minimum Gasteiger partial charge on any atom is -0.359 e. The molecule has 0 spiro atoms. The van der Waals surface area contributed by atoms with Crippen molar-refractivity contribution in [3.05, 3.63) is 65.9 Å². The quantitative estimate of drug-likeness (QED) is 0.0350. The molecule has 47 heavy (non-hydrogen) atoms. The molecule has 2 saturated heterocycles. The topological polar surface area (TPSA) is 198 Å². The van der Waals surface area contributed by atoms with E-state index in [2.05, 4.69) is 35.5 Å². The summed E-state index contributed by atoms with van der Waals surface area (Å²) in [5.41, 5.74) is 1.45. The van der Waals surface area contributed by atoms with Crippen molar-refractivity contribution in [2.24, 2.45) is 16.8 Å². The van der Waals surface area contributed by atoms with Gasteiger partial charge in [-0.25, -0.2) is 20.2 Å². The van der Waals surface area contributed by atoms with Crippen molar-refractivity contribution in [2.45, 2.75) is 12.8 Å². The molecule has 5 heterocycles. The van der Waals surface area contributed by atoms with E-state index in [1.165, 1.54) is 54.6 Å². The summed E-state index contributed by atoms with van der Waals surface area (Å²) in [6.07, 6.45) is 5.61. The van der Waals surface area contributed by atoms with Gasteiger partial charge in [-0.3, -0.25) is 19.5 Å². The van der Waals surface area contributed by atoms with Crippen LogP contribution in [0.1, 0.15) is 33.7 Å². The zero-order valence-corrected chi connectivity index (χ0v) is 26.2. The van der Waals surface area contributed by atoms with Gasteiger partial charge >= 0.3 is 0 Å². The third-order valence-corrected chi connectivity index (χ3v) is 8.16. The number of amides is 1.